The molecular weight excluding hydrogens is 326 g/mol. The number of phenols is 1. The number of rotatable bonds is 3. The second-order valence-corrected chi connectivity index (χ2v) is 7.05. The first-order valence-electron chi connectivity index (χ1n) is 7.77. The summed E-state index contributed by atoms with van der Waals surface area (Å²) < 4.78 is 4.90. The molecule has 126 valence electrons. The van der Waals surface area contributed by atoms with E-state index >= 15 is 0 Å². The first kappa shape index (κ1) is 16.6. The van der Waals surface area contributed by atoms with Crippen molar-refractivity contribution in [3.63, 3.8) is 0 Å². The molecule has 0 aromatic heterocycles. The van der Waals surface area contributed by atoms with Crippen LogP contribution in [0.3, 0.4) is 0 Å². The van der Waals surface area contributed by atoms with Gasteiger partial charge in [0.25, 0.3) is 5.91 Å². The lowest BCUT2D eigenvalue weighted by Crippen LogP contribution is -2.57. The number of phenolic OH excluding ortho intramolecular Hbond substituents is 1. The third-order valence-corrected chi connectivity index (χ3v) is 5.41. The maximum Gasteiger partial charge on any atom is 0.331 e. The van der Waals surface area contributed by atoms with Gasteiger partial charge in [0.05, 0.1) is 12.7 Å². The van der Waals surface area contributed by atoms with Crippen LogP contribution in [0, 0.1) is 0 Å². The summed E-state index contributed by atoms with van der Waals surface area (Å²) in [6.07, 6.45) is 1.04. The van der Waals surface area contributed by atoms with Crippen LogP contribution in [0.15, 0.2) is 36.4 Å². The van der Waals surface area contributed by atoms with Crippen LogP contribution in [-0.2, 0) is 9.53 Å². The minimum atomic E-state index is -1.02. The molecule has 1 fully saturated rings. The van der Waals surface area contributed by atoms with E-state index in [1.807, 2.05) is 12.1 Å². The molecular formula is C18H19NO4S. The van der Waals surface area contributed by atoms with Gasteiger partial charge in [-0.25, -0.2) is 4.79 Å². The molecule has 3 rings (SSSR count). The maximum atomic E-state index is 12.7. The fourth-order valence-corrected chi connectivity index (χ4v) is 4.21. The molecule has 0 aliphatic carbocycles. The Bertz CT molecular complexity index is 784. The second-order valence-electron chi connectivity index (χ2n) is 5.82. The highest BCUT2D eigenvalue weighted by Crippen LogP contribution is 2.31. The van der Waals surface area contributed by atoms with Gasteiger partial charge in [0.2, 0.25) is 0 Å². The average molecular weight is 345 g/mol. The predicted molar refractivity (Wildman–Crippen MR) is 94.4 cm³/mol. The Balaban J connectivity index is 1.93. The van der Waals surface area contributed by atoms with Gasteiger partial charge in [0.15, 0.2) is 0 Å². The van der Waals surface area contributed by atoms with Gasteiger partial charge >= 0.3 is 5.97 Å². The zero-order valence-corrected chi connectivity index (χ0v) is 14.2. The van der Waals surface area contributed by atoms with Crippen LogP contribution < -0.4 is 5.32 Å². The first-order chi connectivity index (χ1) is 11.6. The van der Waals surface area contributed by atoms with Gasteiger partial charge in [-0.1, -0.05) is 30.3 Å². The number of nitrogens with one attached hydrogen (secondary N) is 1. The number of methoxy groups -OCH3 is 1. The summed E-state index contributed by atoms with van der Waals surface area (Å²) in [6.45, 7) is 0. The Morgan fingerprint density at radius 1 is 1.17 bits per heavy atom. The minimum Gasteiger partial charge on any atom is -0.506 e. The van der Waals surface area contributed by atoms with Gasteiger partial charge in [-0.2, -0.15) is 11.8 Å². The number of benzene rings is 2. The average Bonchev–Trinajstić information content (AvgIpc) is 2.62. The SMILES string of the molecule is COC(=O)C1(NC(=O)c2ccc3ccccc3c2O)CCSCC1. The van der Waals surface area contributed by atoms with E-state index in [-0.39, 0.29) is 11.3 Å². The van der Waals surface area contributed by atoms with Crippen LogP contribution >= 0.6 is 11.8 Å². The minimum absolute atomic E-state index is 0.0733. The molecule has 1 heterocycles. The van der Waals surface area contributed by atoms with E-state index in [0.29, 0.717) is 18.2 Å². The molecule has 2 aromatic carbocycles. The molecule has 2 aromatic rings. The van der Waals surface area contributed by atoms with Crippen molar-refractivity contribution in [1.82, 2.24) is 5.32 Å². The van der Waals surface area contributed by atoms with Crippen molar-refractivity contribution < 1.29 is 19.4 Å². The zero-order chi connectivity index (χ0) is 17.2. The highest BCUT2D eigenvalue weighted by molar-refractivity contribution is 7.99. The van der Waals surface area contributed by atoms with Crippen LogP contribution in [0.1, 0.15) is 23.2 Å². The predicted octanol–water partition coefficient (Wildman–Crippen LogP) is 2.71. The van der Waals surface area contributed by atoms with Crippen LogP contribution in [0.5, 0.6) is 5.75 Å². The first-order valence-corrected chi connectivity index (χ1v) is 8.92. The quantitative estimate of drug-likeness (QED) is 0.837. The highest BCUT2D eigenvalue weighted by atomic mass is 32.2. The standard InChI is InChI=1S/C18H19NO4S/c1-23-17(22)18(8-10-24-11-9-18)19-16(21)14-7-6-12-4-2-3-5-13(12)15(14)20/h2-7,20H,8-11H2,1H3,(H,19,21). The maximum absolute atomic E-state index is 12.7. The number of fused-ring (bicyclic) bond motifs is 1. The Hall–Kier alpha value is -2.21. The largest absolute Gasteiger partial charge is 0.506 e. The summed E-state index contributed by atoms with van der Waals surface area (Å²) in [5.41, 5.74) is -0.856. The van der Waals surface area contributed by atoms with Gasteiger partial charge in [-0.3, -0.25) is 4.79 Å². The van der Waals surface area contributed by atoms with E-state index in [1.165, 1.54) is 7.11 Å². The molecule has 1 aliphatic heterocycles. The molecule has 1 amide bonds. The molecule has 0 saturated carbocycles. The molecule has 5 nitrogen and oxygen atoms in total. The van der Waals surface area contributed by atoms with Crippen LogP contribution in [0.25, 0.3) is 10.8 Å². The van der Waals surface area contributed by atoms with E-state index in [1.54, 1.807) is 36.0 Å². The van der Waals surface area contributed by atoms with Crippen LogP contribution in [-0.4, -0.2) is 41.1 Å². The Morgan fingerprint density at radius 2 is 1.88 bits per heavy atom. The van der Waals surface area contributed by atoms with Gasteiger partial charge in [-0.15, -0.1) is 0 Å². The van der Waals surface area contributed by atoms with E-state index < -0.39 is 17.4 Å². The lowest BCUT2D eigenvalue weighted by Gasteiger charge is -2.35. The second kappa shape index (κ2) is 6.73. The van der Waals surface area contributed by atoms with Crippen molar-refractivity contribution in [3.05, 3.63) is 42.0 Å². The van der Waals surface area contributed by atoms with Crippen LogP contribution in [0.2, 0.25) is 0 Å². The van der Waals surface area contributed by atoms with Gasteiger partial charge in [0.1, 0.15) is 11.3 Å². The lowest BCUT2D eigenvalue weighted by atomic mass is 9.91. The van der Waals surface area contributed by atoms with Crippen molar-refractivity contribution >= 4 is 34.4 Å². The number of amides is 1. The van der Waals surface area contributed by atoms with E-state index in [0.717, 1.165) is 16.9 Å². The molecule has 0 radical (unpaired) electrons. The molecule has 0 atom stereocenters. The van der Waals surface area contributed by atoms with Gasteiger partial charge < -0.3 is 15.2 Å². The summed E-state index contributed by atoms with van der Waals surface area (Å²) in [7, 11) is 1.32. The van der Waals surface area contributed by atoms with Gasteiger partial charge in [0, 0.05) is 5.39 Å². The van der Waals surface area contributed by atoms with Gasteiger partial charge in [-0.05, 0) is 35.8 Å². The Kier molecular flexibility index (Phi) is 4.66. The third-order valence-electron chi connectivity index (χ3n) is 4.42. The van der Waals surface area contributed by atoms with Crippen LogP contribution in [0.4, 0.5) is 0 Å². The molecule has 0 spiro atoms. The molecule has 24 heavy (non-hydrogen) atoms. The topological polar surface area (TPSA) is 75.6 Å². The number of esters is 1. The van der Waals surface area contributed by atoms with Crippen molar-refractivity contribution in [2.75, 3.05) is 18.6 Å². The summed E-state index contributed by atoms with van der Waals surface area (Å²) in [4.78, 5) is 25.0. The molecule has 1 saturated heterocycles. The Labute approximate surface area is 144 Å². The van der Waals surface area contributed by atoms with Crippen molar-refractivity contribution in [3.8, 4) is 5.75 Å². The highest BCUT2D eigenvalue weighted by Gasteiger charge is 2.42. The lowest BCUT2D eigenvalue weighted by molar-refractivity contribution is -0.148. The van der Waals surface area contributed by atoms with E-state index in [2.05, 4.69) is 5.32 Å². The number of hydrogen-bond donors (Lipinski definition) is 2. The van der Waals surface area contributed by atoms with Crippen molar-refractivity contribution in [1.29, 1.82) is 0 Å². The smallest absolute Gasteiger partial charge is 0.331 e. The van der Waals surface area contributed by atoms with Crippen molar-refractivity contribution in [2.45, 2.75) is 18.4 Å². The fourth-order valence-electron chi connectivity index (χ4n) is 3.02. The normalized spacial score (nSPS) is 16.5. The molecule has 1 aliphatic rings. The summed E-state index contributed by atoms with van der Waals surface area (Å²) in [5, 5.41) is 14.7. The summed E-state index contributed by atoms with van der Waals surface area (Å²) >= 11 is 1.74. The van der Waals surface area contributed by atoms with E-state index in [9.17, 15) is 14.7 Å². The number of thioether (sulfide) groups is 1. The molecule has 0 bridgehead atoms. The molecule has 2 N–H and O–H groups in total. The molecule has 6 heteroatoms. The number of ether oxygens (including phenoxy) is 1. The number of hydrogen-bond acceptors (Lipinski definition) is 5. The summed E-state index contributed by atoms with van der Waals surface area (Å²) in [6, 6.07) is 10.7. The van der Waals surface area contributed by atoms with E-state index in [4.69, 9.17) is 4.74 Å². The summed E-state index contributed by atoms with van der Waals surface area (Å²) in [5.74, 6) is 0.584. The monoisotopic (exact) mass is 345 g/mol. The number of carbonyl (C=O) groups excluding carboxylic acids is 2. The third kappa shape index (κ3) is 2.94. The zero-order valence-electron chi connectivity index (χ0n) is 13.4. The Morgan fingerprint density at radius 3 is 2.58 bits per heavy atom. The number of aromatic hydroxyl groups is 1. The fraction of sp³-hybridized carbons (Fsp3) is 0.333. The number of carbonyl (C=O) groups is 2. The van der Waals surface area contributed by atoms with Crippen molar-refractivity contribution in [2.24, 2.45) is 0 Å². The molecule has 0 unspecified atom stereocenters.